The van der Waals surface area contributed by atoms with Crippen molar-refractivity contribution in [3.63, 3.8) is 0 Å². The zero-order valence-corrected chi connectivity index (χ0v) is 40.4. The molecule has 3 aromatic carbocycles. The third kappa shape index (κ3) is 24.8. The van der Waals surface area contributed by atoms with Crippen LogP contribution in [0.4, 0.5) is 0 Å². The Bertz CT molecular complexity index is 1820. The highest BCUT2D eigenvalue weighted by molar-refractivity contribution is 5.91. The Morgan fingerprint density at radius 1 is 0.500 bits per heavy atom. The van der Waals surface area contributed by atoms with Gasteiger partial charge < -0.3 is 28.4 Å². The van der Waals surface area contributed by atoms with Crippen molar-refractivity contribution in [1.29, 1.82) is 0 Å². The summed E-state index contributed by atoms with van der Waals surface area (Å²) in [6, 6.07) is 22.0. The Morgan fingerprint density at radius 2 is 0.955 bits per heavy atom. The maximum absolute atomic E-state index is 12.5. The molecule has 0 atom stereocenters. The number of aryl methyl sites for hydroxylation is 1. The second-order valence-corrected chi connectivity index (χ2v) is 16.9. The molecule has 0 unspecified atom stereocenters. The van der Waals surface area contributed by atoms with E-state index in [0.29, 0.717) is 43.3 Å². The minimum Gasteiger partial charge on any atom is -0.494 e. The lowest BCUT2D eigenvalue weighted by Gasteiger charge is -2.28. The number of esters is 4. The molecule has 10 heteroatoms. The molecule has 0 aromatic heterocycles. The summed E-state index contributed by atoms with van der Waals surface area (Å²) in [4.78, 5) is 47.3. The molecule has 66 heavy (non-hydrogen) atoms. The van der Waals surface area contributed by atoms with Crippen molar-refractivity contribution in [3.8, 4) is 17.2 Å². The minimum atomic E-state index is -0.379. The topological polar surface area (TPSA) is 124 Å². The van der Waals surface area contributed by atoms with Crippen molar-refractivity contribution in [2.75, 3.05) is 26.4 Å². The fraction of sp³-hybridized carbons (Fsp3) is 0.536. The number of hydrogen-bond donors (Lipinski definition) is 0. The molecule has 4 rings (SSSR count). The molecule has 0 saturated heterocycles. The van der Waals surface area contributed by atoms with Crippen LogP contribution in [0.2, 0.25) is 0 Å². The van der Waals surface area contributed by atoms with Gasteiger partial charge in [-0.25, -0.2) is 19.2 Å². The van der Waals surface area contributed by atoms with E-state index in [1.54, 1.807) is 62.4 Å². The lowest BCUT2D eigenvalue weighted by Crippen LogP contribution is -2.24. The Kier molecular flexibility index (Phi) is 29.1. The Labute approximate surface area is 395 Å². The summed E-state index contributed by atoms with van der Waals surface area (Å²) in [5, 5.41) is 0. The third-order valence-corrected chi connectivity index (χ3v) is 11.4. The van der Waals surface area contributed by atoms with Gasteiger partial charge in [0.05, 0.1) is 37.6 Å². The molecule has 362 valence electrons. The smallest absolute Gasteiger partial charge is 0.343 e. The first-order chi connectivity index (χ1) is 32.2. The zero-order valence-electron chi connectivity index (χ0n) is 40.4. The Hall–Kier alpha value is -5.38. The van der Waals surface area contributed by atoms with Crippen LogP contribution in [0.1, 0.15) is 176 Å². The summed E-state index contributed by atoms with van der Waals surface area (Å²) in [5.41, 5.74) is 2.33. The van der Waals surface area contributed by atoms with Crippen molar-refractivity contribution >= 4 is 23.9 Å². The highest BCUT2D eigenvalue weighted by Gasteiger charge is 2.24. The zero-order chi connectivity index (χ0) is 47.5. The number of unbranched alkanes of at least 4 members (excludes halogenated alkanes) is 10. The van der Waals surface area contributed by atoms with Gasteiger partial charge in [0.1, 0.15) is 23.4 Å². The number of benzene rings is 3. The molecule has 0 N–H and O–H groups in total. The molecule has 0 heterocycles. The molecular formula is C56H78O10. The van der Waals surface area contributed by atoms with Crippen LogP contribution in [0.3, 0.4) is 0 Å². The van der Waals surface area contributed by atoms with Gasteiger partial charge in [0.25, 0.3) is 0 Å². The second-order valence-electron chi connectivity index (χ2n) is 16.9. The molecule has 1 aliphatic rings. The first-order valence-corrected chi connectivity index (χ1v) is 24.8. The van der Waals surface area contributed by atoms with Crippen LogP contribution in [-0.4, -0.2) is 56.4 Å². The van der Waals surface area contributed by atoms with Crippen LogP contribution in [-0.2, 0) is 30.2 Å². The lowest BCUT2D eigenvalue weighted by atomic mass is 9.84. The molecule has 0 spiro atoms. The average Bonchev–Trinajstić information content (AvgIpc) is 3.32. The number of carbonyl (C=O) groups excluding carboxylic acids is 4. The van der Waals surface area contributed by atoms with E-state index in [1.807, 2.05) is 36.4 Å². The van der Waals surface area contributed by atoms with Crippen molar-refractivity contribution < 1.29 is 47.6 Å². The molecule has 10 nitrogen and oxygen atoms in total. The van der Waals surface area contributed by atoms with Gasteiger partial charge in [-0.1, -0.05) is 76.7 Å². The maximum atomic E-state index is 12.5. The summed E-state index contributed by atoms with van der Waals surface area (Å²) in [7, 11) is 0. The Balaban J connectivity index is 0.000000350. The van der Waals surface area contributed by atoms with Crippen molar-refractivity contribution in [1.82, 2.24) is 0 Å². The first-order valence-electron chi connectivity index (χ1n) is 24.8. The summed E-state index contributed by atoms with van der Waals surface area (Å²) in [6.07, 6.45) is 28.1. The predicted molar refractivity (Wildman–Crippen MR) is 262 cm³/mol. The number of carbonyl (C=O) groups is 4. The number of hydrogen-bond acceptors (Lipinski definition) is 10. The molecule has 0 amide bonds. The standard InChI is InChI=1S/C28H42O5.C28H36O5/c2*1-3-5-8-12-23-13-17-26(18-14-23)33-28(30)24-15-19-25(20-16-24)31-21-9-6-7-10-22-32-27(29)11-4-2/h4,11,15-16,19-20,23,26H,3,5-10,12-14,17-18,21-22H2,1-2H3;4,11,13-20H,3,5-10,12,21-22H2,1-2H3/b2*11-4+. The van der Waals surface area contributed by atoms with Gasteiger partial charge in [0.2, 0.25) is 0 Å². The van der Waals surface area contributed by atoms with Crippen LogP contribution in [0.5, 0.6) is 17.2 Å². The van der Waals surface area contributed by atoms with E-state index in [0.717, 1.165) is 88.0 Å². The highest BCUT2D eigenvalue weighted by atomic mass is 16.5. The van der Waals surface area contributed by atoms with E-state index in [4.69, 9.17) is 28.4 Å². The Morgan fingerprint density at radius 3 is 1.44 bits per heavy atom. The average molecular weight is 911 g/mol. The van der Waals surface area contributed by atoms with Crippen LogP contribution in [0.25, 0.3) is 0 Å². The number of allylic oxidation sites excluding steroid dienone is 2. The van der Waals surface area contributed by atoms with E-state index in [-0.39, 0.29) is 30.0 Å². The molecule has 0 aliphatic heterocycles. The van der Waals surface area contributed by atoms with Gasteiger partial charge in [-0.2, -0.15) is 0 Å². The molecule has 1 saturated carbocycles. The van der Waals surface area contributed by atoms with E-state index < -0.39 is 0 Å². The molecular weight excluding hydrogens is 833 g/mol. The normalized spacial score (nSPS) is 14.5. The second kappa shape index (κ2) is 34.9. The molecule has 3 aromatic rings. The van der Waals surface area contributed by atoms with Crippen molar-refractivity contribution in [2.45, 2.75) is 162 Å². The number of rotatable bonds is 30. The third-order valence-electron chi connectivity index (χ3n) is 11.4. The number of ether oxygens (including phenoxy) is 6. The summed E-state index contributed by atoms with van der Waals surface area (Å²) in [6.45, 7) is 10.2. The van der Waals surface area contributed by atoms with Gasteiger partial charge in [-0.15, -0.1) is 0 Å². The van der Waals surface area contributed by atoms with Crippen LogP contribution < -0.4 is 14.2 Å². The fourth-order valence-corrected chi connectivity index (χ4v) is 7.49. The monoisotopic (exact) mass is 911 g/mol. The summed E-state index contributed by atoms with van der Waals surface area (Å²) < 4.78 is 32.9. The van der Waals surface area contributed by atoms with Crippen LogP contribution in [0.15, 0.2) is 97.1 Å². The highest BCUT2D eigenvalue weighted by Crippen LogP contribution is 2.30. The van der Waals surface area contributed by atoms with Gasteiger partial charge in [-0.3, -0.25) is 0 Å². The summed E-state index contributed by atoms with van der Waals surface area (Å²) >= 11 is 0. The molecule has 0 radical (unpaired) electrons. The van der Waals surface area contributed by atoms with Gasteiger partial charge in [-0.05, 0) is 176 Å². The van der Waals surface area contributed by atoms with E-state index >= 15 is 0 Å². The lowest BCUT2D eigenvalue weighted by molar-refractivity contribution is -0.138. The molecule has 1 aliphatic carbocycles. The minimum absolute atomic E-state index is 0.0579. The van der Waals surface area contributed by atoms with Gasteiger partial charge >= 0.3 is 23.9 Å². The largest absolute Gasteiger partial charge is 0.494 e. The summed E-state index contributed by atoms with van der Waals surface area (Å²) in [5.74, 6) is 1.67. The van der Waals surface area contributed by atoms with E-state index in [9.17, 15) is 19.2 Å². The van der Waals surface area contributed by atoms with Crippen LogP contribution in [0, 0.1) is 5.92 Å². The van der Waals surface area contributed by atoms with Gasteiger partial charge in [0, 0.05) is 12.2 Å². The molecule has 0 bridgehead atoms. The van der Waals surface area contributed by atoms with Crippen LogP contribution >= 0.6 is 0 Å². The SMILES string of the molecule is C/C=C/C(=O)OCCCCCCOc1ccc(C(=O)OC2CCC(CCCCC)CC2)cc1.C/C=C/C(=O)OCCCCCCOc1ccc(C(=O)Oc2ccc(CCCCC)cc2)cc1. The quantitative estimate of drug-likeness (QED) is 0.0210. The predicted octanol–water partition coefficient (Wildman–Crippen LogP) is 13.7. The van der Waals surface area contributed by atoms with E-state index in [1.165, 1.54) is 75.5 Å². The fourth-order valence-electron chi connectivity index (χ4n) is 7.49. The van der Waals surface area contributed by atoms with Gasteiger partial charge in [0.15, 0.2) is 0 Å². The van der Waals surface area contributed by atoms with Crippen molar-refractivity contribution in [2.24, 2.45) is 5.92 Å². The molecule has 1 fully saturated rings. The maximum Gasteiger partial charge on any atom is 0.343 e. The van der Waals surface area contributed by atoms with E-state index in [2.05, 4.69) is 13.8 Å². The first kappa shape index (κ1) is 55.0. The van der Waals surface area contributed by atoms with Crippen molar-refractivity contribution in [3.05, 3.63) is 114 Å².